The summed E-state index contributed by atoms with van der Waals surface area (Å²) in [6, 6.07) is 0. The third kappa shape index (κ3) is 2.25. The van der Waals surface area contributed by atoms with Gasteiger partial charge in [-0.15, -0.1) is 0 Å². The number of hydrogen-bond donors (Lipinski definition) is 0. The fourth-order valence-electron chi connectivity index (χ4n) is 1.49. The van der Waals surface area contributed by atoms with Crippen LogP contribution in [0.2, 0.25) is 0 Å². The average Bonchev–Trinajstić information content (AvgIpc) is 1.82. The van der Waals surface area contributed by atoms with Crippen LogP contribution < -0.4 is 0 Å². The minimum atomic E-state index is -2.06. The topological polar surface area (TPSA) is 68.3 Å². The molecule has 76 valence electrons. The molecular weight excluding hydrogens is 220 g/mol. The van der Waals surface area contributed by atoms with Crippen LogP contribution in [-0.2, 0) is 40.9 Å². The first-order valence-corrected chi connectivity index (χ1v) is 3.82. The Morgan fingerprint density at radius 3 is 0.786 bits per heavy atom. The van der Waals surface area contributed by atoms with Gasteiger partial charge < -0.3 is 0 Å². The molecule has 4 nitrogen and oxygen atoms in total. The van der Waals surface area contributed by atoms with E-state index in [1.807, 2.05) is 0 Å². The molecule has 0 aromatic rings. The molecule has 0 aliphatic heterocycles. The first kappa shape index (κ1) is 15.8. The van der Waals surface area contributed by atoms with Crippen molar-refractivity contribution in [1.82, 2.24) is 0 Å². The van der Waals surface area contributed by atoms with Crippen molar-refractivity contribution in [2.24, 2.45) is 5.41 Å². The summed E-state index contributed by atoms with van der Waals surface area (Å²) in [4.78, 5) is 44.5. The Morgan fingerprint density at radius 1 is 0.643 bits per heavy atom. The molecule has 0 heterocycles. The minimum Gasteiger partial charge on any atom is -0.298 e. The Bertz CT molecular complexity index is 232. The van der Waals surface area contributed by atoms with Gasteiger partial charge >= 0.3 is 0 Å². The smallest absolute Gasteiger partial charge is 0.202 e. The normalized spacial score (nSPS) is 10.0. The molecule has 0 spiro atoms. The number of hydrogen-bond acceptors (Lipinski definition) is 4. The van der Waals surface area contributed by atoms with Gasteiger partial charge in [0.05, 0.1) is 0 Å². The van der Waals surface area contributed by atoms with Crippen molar-refractivity contribution < 1.29 is 40.9 Å². The number of rotatable bonds is 4. The van der Waals surface area contributed by atoms with E-state index in [9.17, 15) is 19.2 Å². The van der Waals surface area contributed by atoms with Gasteiger partial charge in [0.2, 0.25) is 5.41 Å². The van der Waals surface area contributed by atoms with Crippen molar-refractivity contribution >= 4 is 23.1 Å². The summed E-state index contributed by atoms with van der Waals surface area (Å²) in [5.74, 6) is -2.83. The molecule has 0 radical (unpaired) electrons. The fourth-order valence-corrected chi connectivity index (χ4v) is 1.49. The van der Waals surface area contributed by atoms with Crippen LogP contribution in [0.15, 0.2) is 0 Å². The summed E-state index contributed by atoms with van der Waals surface area (Å²) in [5.41, 5.74) is -2.06. The van der Waals surface area contributed by atoms with Crippen LogP contribution in [0.25, 0.3) is 0 Å². The fraction of sp³-hybridized carbons (Fsp3) is 0.556. The van der Waals surface area contributed by atoms with Crippen LogP contribution in [0.4, 0.5) is 0 Å². The Hall–Kier alpha value is -0.606. The molecule has 0 aliphatic carbocycles. The zero-order valence-corrected chi connectivity index (χ0v) is 10.2. The maximum absolute atomic E-state index is 11.1. The first-order chi connectivity index (χ1) is 5.77. The van der Waals surface area contributed by atoms with Gasteiger partial charge in [0, 0.05) is 21.7 Å². The third-order valence-electron chi connectivity index (χ3n) is 2.11. The quantitative estimate of drug-likeness (QED) is 0.517. The van der Waals surface area contributed by atoms with Gasteiger partial charge in [0.25, 0.3) is 0 Å². The molecule has 0 aliphatic rings. The van der Waals surface area contributed by atoms with E-state index < -0.39 is 28.5 Å². The molecule has 5 heteroatoms. The Kier molecular flexibility index (Phi) is 6.02. The molecule has 0 saturated carbocycles. The van der Waals surface area contributed by atoms with E-state index >= 15 is 0 Å². The first-order valence-electron chi connectivity index (χ1n) is 3.82. The van der Waals surface area contributed by atoms with Crippen molar-refractivity contribution in [3.05, 3.63) is 0 Å². The molecule has 0 saturated heterocycles. The Morgan fingerprint density at radius 2 is 0.786 bits per heavy atom. The average molecular weight is 232 g/mol. The number of Topliss-reactive ketones (excluding diaryl/α,β-unsaturated/α-hetero) is 4. The van der Waals surface area contributed by atoms with E-state index in [0.29, 0.717) is 0 Å². The summed E-state index contributed by atoms with van der Waals surface area (Å²) >= 11 is 0. The van der Waals surface area contributed by atoms with Crippen LogP contribution >= 0.6 is 0 Å². The number of carbonyl (C=O) groups is 4. The Balaban J connectivity index is 0. The largest absolute Gasteiger partial charge is 0.298 e. The molecule has 0 fully saturated rings. The van der Waals surface area contributed by atoms with Gasteiger partial charge in [-0.3, -0.25) is 19.2 Å². The van der Waals surface area contributed by atoms with Crippen LogP contribution in [0, 0.1) is 5.41 Å². The van der Waals surface area contributed by atoms with E-state index in [-0.39, 0.29) is 21.7 Å². The maximum Gasteiger partial charge on any atom is 0.202 e. The minimum absolute atomic E-state index is 0. The van der Waals surface area contributed by atoms with E-state index in [4.69, 9.17) is 0 Å². The molecule has 0 bridgehead atoms. The molecule has 0 N–H and O–H groups in total. The van der Waals surface area contributed by atoms with E-state index in [1.165, 1.54) is 0 Å². The number of carbonyl (C=O) groups excluding carboxylic acids is 4. The number of ketones is 4. The maximum atomic E-state index is 11.1. The van der Waals surface area contributed by atoms with Gasteiger partial charge in [0.1, 0.15) is 0 Å². The monoisotopic (exact) mass is 232 g/mol. The van der Waals surface area contributed by atoms with E-state index in [2.05, 4.69) is 0 Å². The standard InChI is InChI=1S/C9H12O4.Ti/c1-5(10)9(6(2)11,7(3)12)8(4)13;/h1-4H3;. The van der Waals surface area contributed by atoms with Gasteiger partial charge in [-0.2, -0.15) is 0 Å². The van der Waals surface area contributed by atoms with Crippen molar-refractivity contribution in [3.63, 3.8) is 0 Å². The van der Waals surface area contributed by atoms with E-state index in [1.54, 1.807) is 0 Å². The third-order valence-corrected chi connectivity index (χ3v) is 2.11. The van der Waals surface area contributed by atoms with Crippen molar-refractivity contribution in [3.8, 4) is 0 Å². The molecule has 0 atom stereocenters. The van der Waals surface area contributed by atoms with Gasteiger partial charge in [-0.05, 0) is 27.7 Å². The van der Waals surface area contributed by atoms with Gasteiger partial charge in [0.15, 0.2) is 23.1 Å². The van der Waals surface area contributed by atoms with Crippen LogP contribution in [-0.4, -0.2) is 23.1 Å². The predicted octanol–water partition coefficient (Wildman–Crippen LogP) is 0.326. The second-order valence-corrected chi connectivity index (χ2v) is 2.97. The summed E-state index contributed by atoms with van der Waals surface area (Å²) in [6.45, 7) is 4.29. The van der Waals surface area contributed by atoms with Gasteiger partial charge in [-0.1, -0.05) is 0 Å². The van der Waals surface area contributed by atoms with Crippen molar-refractivity contribution in [2.45, 2.75) is 27.7 Å². The van der Waals surface area contributed by atoms with Gasteiger partial charge in [-0.25, -0.2) is 0 Å². The van der Waals surface area contributed by atoms with E-state index in [0.717, 1.165) is 27.7 Å². The van der Waals surface area contributed by atoms with Crippen LogP contribution in [0.3, 0.4) is 0 Å². The summed E-state index contributed by atoms with van der Waals surface area (Å²) in [7, 11) is 0. The molecule has 0 unspecified atom stereocenters. The summed E-state index contributed by atoms with van der Waals surface area (Å²) < 4.78 is 0. The van der Waals surface area contributed by atoms with Crippen LogP contribution in [0.5, 0.6) is 0 Å². The molecule has 14 heavy (non-hydrogen) atoms. The predicted molar refractivity (Wildman–Crippen MR) is 45.2 cm³/mol. The molecule has 0 aromatic heterocycles. The molecular formula is C9H12O4Ti. The second-order valence-electron chi connectivity index (χ2n) is 2.97. The second kappa shape index (κ2) is 5.32. The van der Waals surface area contributed by atoms with Crippen molar-refractivity contribution in [2.75, 3.05) is 0 Å². The Labute approximate surface area is 97.3 Å². The zero-order valence-electron chi connectivity index (χ0n) is 8.63. The SMILES string of the molecule is CC(=O)C(C(C)=O)(C(C)=O)C(C)=O.[Ti]. The molecule has 0 amide bonds. The summed E-state index contributed by atoms with van der Waals surface area (Å²) in [6.07, 6.45) is 0. The zero-order chi connectivity index (χ0) is 10.8. The van der Waals surface area contributed by atoms with Crippen molar-refractivity contribution in [1.29, 1.82) is 0 Å². The molecule has 0 aromatic carbocycles. The summed E-state index contributed by atoms with van der Waals surface area (Å²) in [5, 5.41) is 0. The molecule has 0 rings (SSSR count). The van der Waals surface area contributed by atoms with Crippen LogP contribution in [0.1, 0.15) is 27.7 Å².